The van der Waals surface area contributed by atoms with E-state index in [1.165, 1.54) is 7.11 Å². The number of nitrogens with one attached hydrogen (secondary N) is 1. The van der Waals surface area contributed by atoms with Crippen LogP contribution in [0.3, 0.4) is 0 Å². The van der Waals surface area contributed by atoms with Gasteiger partial charge in [0.05, 0.1) is 13.5 Å². The van der Waals surface area contributed by atoms with Gasteiger partial charge in [0.1, 0.15) is 0 Å². The van der Waals surface area contributed by atoms with Crippen molar-refractivity contribution < 1.29 is 14.3 Å². The van der Waals surface area contributed by atoms with E-state index in [9.17, 15) is 9.59 Å². The summed E-state index contributed by atoms with van der Waals surface area (Å²) >= 11 is 0. The average molecular weight is 312 g/mol. The van der Waals surface area contributed by atoms with E-state index in [1.807, 2.05) is 31.1 Å². The van der Waals surface area contributed by atoms with Gasteiger partial charge in [-0.1, -0.05) is 12.1 Å². The summed E-state index contributed by atoms with van der Waals surface area (Å²) < 4.78 is 4.62. The van der Waals surface area contributed by atoms with Crippen LogP contribution in [0, 0.1) is 0 Å². The number of amides is 1. The topological polar surface area (TPSA) is 58.6 Å². The molecule has 0 aromatic heterocycles. The molecule has 0 aliphatic rings. The first-order valence-electron chi connectivity index (χ1n) is 7.24. The molecule has 23 heavy (non-hydrogen) atoms. The Bertz CT molecular complexity index is 676. The molecule has 0 aliphatic heterocycles. The zero-order valence-electron chi connectivity index (χ0n) is 13.5. The van der Waals surface area contributed by atoms with Crippen LogP contribution in [0.4, 0.5) is 11.4 Å². The quantitative estimate of drug-likeness (QED) is 0.863. The van der Waals surface area contributed by atoms with Crippen molar-refractivity contribution in [2.75, 3.05) is 31.4 Å². The number of esters is 1. The first-order chi connectivity index (χ1) is 11.0. The van der Waals surface area contributed by atoms with E-state index in [-0.39, 0.29) is 18.3 Å². The standard InChI is InChI=1S/C18H20N2O3/c1-20(2)16-10-6-14(7-11-16)18(22)19-15-8-4-13(5-9-15)12-17(21)23-3/h4-11H,12H2,1-3H3,(H,19,22). The van der Waals surface area contributed by atoms with E-state index in [4.69, 9.17) is 0 Å². The fourth-order valence-electron chi connectivity index (χ4n) is 2.06. The number of ether oxygens (including phenoxy) is 1. The van der Waals surface area contributed by atoms with Crippen molar-refractivity contribution >= 4 is 23.3 Å². The van der Waals surface area contributed by atoms with Crippen LogP contribution in [-0.4, -0.2) is 33.1 Å². The summed E-state index contributed by atoms with van der Waals surface area (Å²) in [5.74, 6) is -0.459. The average Bonchev–Trinajstić information content (AvgIpc) is 2.56. The van der Waals surface area contributed by atoms with Crippen molar-refractivity contribution in [1.82, 2.24) is 0 Å². The highest BCUT2D eigenvalue weighted by Gasteiger charge is 2.07. The Labute approximate surface area is 135 Å². The van der Waals surface area contributed by atoms with Gasteiger partial charge in [-0.15, -0.1) is 0 Å². The highest BCUT2D eigenvalue weighted by Crippen LogP contribution is 2.15. The Morgan fingerprint density at radius 2 is 1.61 bits per heavy atom. The fourth-order valence-corrected chi connectivity index (χ4v) is 2.06. The maximum absolute atomic E-state index is 12.2. The largest absolute Gasteiger partial charge is 0.469 e. The van der Waals surface area contributed by atoms with Crippen LogP contribution in [0.2, 0.25) is 0 Å². The lowest BCUT2D eigenvalue weighted by Gasteiger charge is -2.12. The van der Waals surface area contributed by atoms with Crippen LogP contribution in [0.1, 0.15) is 15.9 Å². The molecule has 0 spiro atoms. The van der Waals surface area contributed by atoms with Crippen LogP contribution in [-0.2, 0) is 16.0 Å². The molecule has 1 N–H and O–H groups in total. The van der Waals surface area contributed by atoms with Crippen LogP contribution >= 0.6 is 0 Å². The number of hydrogen-bond donors (Lipinski definition) is 1. The molecule has 0 unspecified atom stereocenters. The second kappa shape index (κ2) is 7.45. The van der Waals surface area contributed by atoms with Crippen LogP contribution in [0.25, 0.3) is 0 Å². The molecule has 0 radical (unpaired) electrons. The van der Waals surface area contributed by atoms with Crippen molar-refractivity contribution in [2.45, 2.75) is 6.42 Å². The molecule has 2 aromatic rings. The van der Waals surface area contributed by atoms with E-state index in [1.54, 1.807) is 36.4 Å². The Hall–Kier alpha value is -2.82. The molecule has 2 aromatic carbocycles. The van der Waals surface area contributed by atoms with E-state index < -0.39 is 0 Å². The Balaban J connectivity index is 2.01. The minimum Gasteiger partial charge on any atom is -0.469 e. The molecule has 0 heterocycles. The number of benzene rings is 2. The number of carbonyl (C=O) groups is 2. The lowest BCUT2D eigenvalue weighted by atomic mass is 10.1. The van der Waals surface area contributed by atoms with Crippen LogP contribution < -0.4 is 10.2 Å². The molecule has 0 fully saturated rings. The predicted octanol–water partition coefficient (Wildman–Crippen LogP) is 2.72. The van der Waals surface area contributed by atoms with Crippen LogP contribution in [0.5, 0.6) is 0 Å². The Morgan fingerprint density at radius 3 is 2.13 bits per heavy atom. The number of nitrogens with zero attached hydrogens (tertiary/aromatic N) is 1. The van der Waals surface area contributed by atoms with Gasteiger partial charge in [-0.3, -0.25) is 9.59 Å². The summed E-state index contributed by atoms with van der Waals surface area (Å²) in [5.41, 5.74) is 3.15. The minimum absolute atomic E-state index is 0.170. The predicted molar refractivity (Wildman–Crippen MR) is 90.9 cm³/mol. The third-order valence-electron chi connectivity index (χ3n) is 3.43. The smallest absolute Gasteiger partial charge is 0.309 e. The maximum Gasteiger partial charge on any atom is 0.309 e. The Morgan fingerprint density at radius 1 is 1.00 bits per heavy atom. The molecule has 120 valence electrons. The normalized spacial score (nSPS) is 10.0. The lowest BCUT2D eigenvalue weighted by molar-refractivity contribution is -0.139. The first-order valence-corrected chi connectivity index (χ1v) is 7.24. The zero-order valence-corrected chi connectivity index (χ0v) is 13.5. The number of rotatable bonds is 5. The van der Waals surface area contributed by atoms with Gasteiger partial charge in [0, 0.05) is 31.0 Å². The number of carbonyl (C=O) groups excluding carboxylic acids is 2. The third kappa shape index (κ3) is 4.57. The highest BCUT2D eigenvalue weighted by atomic mass is 16.5. The summed E-state index contributed by atoms with van der Waals surface area (Å²) in [5, 5.41) is 2.83. The van der Waals surface area contributed by atoms with Crippen LogP contribution in [0.15, 0.2) is 48.5 Å². The van der Waals surface area contributed by atoms with E-state index in [0.29, 0.717) is 11.3 Å². The number of hydrogen-bond acceptors (Lipinski definition) is 4. The van der Waals surface area contributed by atoms with Gasteiger partial charge < -0.3 is 15.0 Å². The third-order valence-corrected chi connectivity index (χ3v) is 3.43. The van der Waals surface area contributed by atoms with Gasteiger partial charge in [0.15, 0.2) is 0 Å². The molecular formula is C18H20N2O3. The summed E-state index contributed by atoms with van der Waals surface area (Å²) in [7, 11) is 5.26. The first kappa shape index (κ1) is 16.5. The lowest BCUT2D eigenvalue weighted by Crippen LogP contribution is -2.13. The molecule has 0 saturated heterocycles. The fraction of sp³-hybridized carbons (Fsp3) is 0.222. The van der Waals surface area contributed by atoms with E-state index >= 15 is 0 Å². The van der Waals surface area contributed by atoms with E-state index in [0.717, 1.165) is 11.3 Å². The van der Waals surface area contributed by atoms with Gasteiger partial charge in [-0.05, 0) is 42.0 Å². The van der Waals surface area contributed by atoms with Crippen molar-refractivity contribution in [3.63, 3.8) is 0 Å². The molecular weight excluding hydrogens is 292 g/mol. The van der Waals surface area contributed by atoms with Crippen molar-refractivity contribution in [3.8, 4) is 0 Å². The van der Waals surface area contributed by atoms with Gasteiger partial charge in [0.25, 0.3) is 5.91 Å². The number of methoxy groups -OCH3 is 1. The monoisotopic (exact) mass is 312 g/mol. The van der Waals surface area contributed by atoms with Gasteiger partial charge in [0.2, 0.25) is 0 Å². The molecule has 2 rings (SSSR count). The highest BCUT2D eigenvalue weighted by molar-refractivity contribution is 6.04. The zero-order chi connectivity index (χ0) is 16.8. The Kier molecular flexibility index (Phi) is 5.36. The molecule has 5 heteroatoms. The van der Waals surface area contributed by atoms with Crippen molar-refractivity contribution in [3.05, 3.63) is 59.7 Å². The molecule has 5 nitrogen and oxygen atoms in total. The van der Waals surface area contributed by atoms with Gasteiger partial charge in [-0.2, -0.15) is 0 Å². The summed E-state index contributed by atoms with van der Waals surface area (Å²) in [4.78, 5) is 25.4. The van der Waals surface area contributed by atoms with E-state index in [2.05, 4.69) is 10.1 Å². The molecule has 0 atom stereocenters. The maximum atomic E-state index is 12.2. The molecule has 0 bridgehead atoms. The second-order valence-electron chi connectivity index (χ2n) is 5.35. The van der Waals surface area contributed by atoms with Crippen molar-refractivity contribution in [1.29, 1.82) is 0 Å². The van der Waals surface area contributed by atoms with Gasteiger partial charge in [-0.25, -0.2) is 0 Å². The number of anilines is 2. The SMILES string of the molecule is COC(=O)Cc1ccc(NC(=O)c2ccc(N(C)C)cc2)cc1. The molecule has 0 saturated carbocycles. The van der Waals surface area contributed by atoms with Crippen molar-refractivity contribution in [2.24, 2.45) is 0 Å². The summed E-state index contributed by atoms with van der Waals surface area (Å²) in [6.07, 6.45) is 0.219. The molecule has 1 amide bonds. The summed E-state index contributed by atoms with van der Waals surface area (Å²) in [6, 6.07) is 14.5. The minimum atomic E-state index is -0.289. The van der Waals surface area contributed by atoms with Gasteiger partial charge >= 0.3 is 5.97 Å². The second-order valence-corrected chi connectivity index (χ2v) is 5.35. The molecule has 0 aliphatic carbocycles. The summed E-state index contributed by atoms with van der Waals surface area (Å²) in [6.45, 7) is 0.